The number of halogens is 2. The molecule has 0 amide bonds. The second-order valence-electron chi connectivity index (χ2n) is 6.08. The lowest BCUT2D eigenvalue weighted by atomic mass is 10.1. The van der Waals surface area contributed by atoms with Gasteiger partial charge >= 0.3 is 0 Å². The van der Waals surface area contributed by atoms with Gasteiger partial charge in [-0.05, 0) is 61.3 Å². The molecule has 0 aliphatic rings. The molecule has 0 radical (unpaired) electrons. The Balaban J connectivity index is 2.46. The van der Waals surface area contributed by atoms with Crippen molar-refractivity contribution in [1.29, 1.82) is 0 Å². The summed E-state index contributed by atoms with van der Waals surface area (Å²) < 4.78 is 30.0. The van der Waals surface area contributed by atoms with Crippen LogP contribution >= 0.6 is 15.9 Å². The van der Waals surface area contributed by atoms with Crippen molar-refractivity contribution in [2.24, 2.45) is 0 Å². The molecule has 2 rings (SSSR count). The van der Waals surface area contributed by atoms with Gasteiger partial charge in [0, 0.05) is 28.1 Å². The smallest absolute Gasteiger partial charge is 0.255 e. The van der Waals surface area contributed by atoms with Gasteiger partial charge in [0.25, 0.3) is 5.56 Å². The van der Waals surface area contributed by atoms with Crippen molar-refractivity contribution in [3.8, 4) is 0 Å². The molecular formula is C15H18BrFN2O2S. The summed E-state index contributed by atoms with van der Waals surface area (Å²) in [4.78, 5) is 12.2. The molecule has 4 nitrogen and oxygen atoms in total. The summed E-state index contributed by atoms with van der Waals surface area (Å²) in [6.07, 6.45) is 1.15. The maximum Gasteiger partial charge on any atom is 0.255 e. The van der Waals surface area contributed by atoms with Crippen molar-refractivity contribution in [2.45, 2.75) is 38.5 Å². The summed E-state index contributed by atoms with van der Waals surface area (Å²) in [5.41, 5.74) is 0.927. The van der Waals surface area contributed by atoms with Crippen molar-refractivity contribution in [3.05, 3.63) is 50.6 Å². The number of hydrogen-bond acceptors (Lipinski definition) is 3. The number of hydrogen-bond donors (Lipinski definition) is 1. The Morgan fingerprint density at radius 2 is 2.05 bits per heavy atom. The lowest BCUT2D eigenvalue weighted by molar-refractivity contribution is 0.531. The van der Waals surface area contributed by atoms with Crippen LogP contribution in [-0.4, -0.2) is 13.7 Å². The summed E-state index contributed by atoms with van der Waals surface area (Å²) >= 11 is 2.20. The van der Waals surface area contributed by atoms with Crippen LogP contribution in [0.15, 0.2) is 33.7 Å². The second kappa shape index (κ2) is 6.31. The van der Waals surface area contributed by atoms with Crippen molar-refractivity contribution in [2.75, 3.05) is 0 Å². The Bertz CT molecular complexity index is 758. The lowest BCUT2D eigenvalue weighted by Gasteiger charge is -2.27. The van der Waals surface area contributed by atoms with Gasteiger partial charge in [0.2, 0.25) is 0 Å². The van der Waals surface area contributed by atoms with Crippen LogP contribution in [0.3, 0.4) is 0 Å². The van der Waals surface area contributed by atoms with Gasteiger partial charge in [0.05, 0.1) is 11.6 Å². The zero-order valence-corrected chi connectivity index (χ0v) is 15.2. The van der Waals surface area contributed by atoms with Crippen molar-refractivity contribution in [3.63, 3.8) is 0 Å². The van der Waals surface area contributed by atoms with E-state index in [1.807, 2.05) is 27.7 Å². The predicted octanol–water partition coefficient (Wildman–Crippen LogP) is 3.31. The zero-order valence-electron chi connectivity index (χ0n) is 12.8. The first-order valence-corrected chi connectivity index (χ1v) is 8.74. The number of nitrogens with zero attached hydrogens (tertiary/aromatic N) is 1. The van der Waals surface area contributed by atoms with E-state index in [2.05, 4.69) is 20.7 Å². The van der Waals surface area contributed by atoms with E-state index in [1.54, 1.807) is 0 Å². The number of aromatic nitrogens is 1. The number of pyridine rings is 2. The number of fused-ring (bicyclic) bond motifs is 1. The molecule has 0 saturated heterocycles. The van der Waals surface area contributed by atoms with Crippen LogP contribution in [0, 0.1) is 5.82 Å². The normalized spacial score (nSPS) is 15.0. The first-order chi connectivity index (χ1) is 10.1. The minimum atomic E-state index is -1.26. The van der Waals surface area contributed by atoms with E-state index >= 15 is 0 Å². The lowest BCUT2D eigenvalue weighted by Crippen LogP contribution is -2.40. The number of nitrogens with one attached hydrogen (secondary N) is 1. The van der Waals surface area contributed by atoms with E-state index < -0.39 is 21.9 Å². The first-order valence-electron chi connectivity index (χ1n) is 6.79. The second-order valence-corrected chi connectivity index (χ2v) is 8.87. The standard InChI is InChI=1S/C15H18BrFN2O2S/c1-9(18-22(21)15(2,3)4)11-7-13(20)19-8-10(17)5-6-12(19)14(11)16/h5-9,18H,1-4H3. The highest BCUT2D eigenvalue weighted by Crippen LogP contribution is 2.28. The molecule has 120 valence electrons. The van der Waals surface area contributed by atoms with Gasteiger partial charge in [-0.15, -0.1) is 4.72 Å². The Labute approximate surface area is 140 Å². The van der Waals surface area contributed by atoms with Crippen LogP contribution in [0.1, 0.15) is 39.3 Å². The molecule has 2 aromatic rings. The molecule has 2 aromatic heterocycles. The molecular weight excluding hydrogens is 371 g/mol. The fourth-order valence-corrected chi connectivity index (χ4v) is 3.55. The van der Waals surface area contributed by atoms with Gasteiger partial charge in [-0.1, -0.05) is 0 Å². The Morgan fingerprint density at radius 1 is 1.41 bits per heavy atom. The SMILES string of the molecule is CC(N[S+]([O-])C(C)(C)C)c1cc(=O)n2cc(F)ccc2c1Br. The van der Waals surface area contributed by atoms with Crippen molar-refractivity contribution in [1.82, 2.24) is 9.12 Å². The van der Waals surface area contributed by atoms with Gasteiger partial charge in [-0.3, -0.25) is 9.20 Å². The zero-order chi connectivity index (χ0) is 16.7. The van der Waals surface area contributed by atoms with Gasteiger partial charge in [-0.25, -0.2) is 4.39 Å². The van der Waals surface area contributed by atoms with E-state index in [1.165, 1.54) is 22.6 Å². The molecule has 0 aromatic carbocycles. The molecule has 0 spiro atoms. The monoisotopic (exact) mass is 388 g/mol. The maximum atomic E-state index is 13.3. The largest absolute Gasteiger partial charge is 0.598 e. The van der Waals surface area contributed by atoms with Gasteiger partial charge in [-0.2, -0.15) is 0 Å². The molecule has 2 unspecified atom stereocenters. The Hall–Kier alpha value is -0.890. The van der Waals surface area contributed by atoms with Gasteiger partial charge in [0.15, 0.2) is 0 Å². The highest BCUT2D eigenvalue weighted by molar-refractivity contribution is 9.10. The van der Waals surface area contributed by atoms with E-state index in [0.29, 0.717) is 15.6 Å². The van der Waals surface area contributed by atoms with Gasteiger partial charge < -0.3 is 4.55 Å². The molecule has 22 heavy (non-hydrogen) atoms. The molecule has 0 aliphatic heterocycles. The quantitative estimate of drug-likeness (QED) is 0.820. The van der Waals surface area contributed by atoms with Crippen LogP contribution in [0.5, 0.6) is 0 Å². The third-order valence-electron chi connectivity index (χ3n) is 3.21. The van der Waals surface area contributed by atoms with Crippen LogP contribution < -0.4 is 10.3 Å². The molecule has 0 bridgehead atoms. The minimum Gasteiger partial charge on any atom is -0.598 e. The summed E-state index contributed by atoms with van der Waals surface area (Å²) in [7, 11) is 0. The topological polar surface area (TPSA) is 56.6 Å². The molecule has 7 heteroatoms. The fourth-order valence-electron chi connectivity index (χ4n) is 1.97. The summed E-state index contributed by atoms with van der Waals surface area (Å²) in [6, 6.07) is 3.97. The third-order valence-corrected chi connectivity index (χ3v) is 5.76. The molecule has 2 heterocycles. The van der Waals surface area contributed by atoms with Crippen LogP contribution in [0.25, 0.3) is 5.52 Å². The van der Waals surface area contributed by atoms with Crippen molar-refractivity contribution >= 4 is 32.8 Å². The first kappa shape index (κ1) is 17.5. The Kier molecular flexibility index (Phi) is 5.01. The van der Waals surface area contributed by atoms with Crippen molar-refractivity contribution < 1.29 is 8.94 Å². The van der Waals surface area contributed by atoms with E-state index in [4.69, 9.17) is 0 Å². The summed E-state index contributed by atoms with van der Waals surface area (Å²) in [5, 5.41) is 0. The Morgan fingerprint density at radius 3 is 2.64 bits per heavy atom. The summed E-state index contributed by atoms with van der Waals surface area (Å²) in [5.74, 6) is -0.478. The van der Waals surface area contributed by atoms with Crippen LogP contribution in [0.2, 0.25) is 0 Å². The van der Waals surface area contributed by atoms with Crippen LogP contribution in [0.4, 0.5) is 4.39 Å². The van der Waals surface area contributed by atoms with E-state index in [-0.39, 0.29) is 11.6 Å². The number of rotatable bonds is 3. The summed E-state index contributed by atoms with van der Waals surface area (Å²) in [6.45, 7) is 7.45. The van der Waals surface area contributed by atoms with Crippen LogP contribution in [-0.2, 0) is 11.4 Å². The minimum absolute atomic E-state index is 0.294. The molecule has 2 atom stereocenters. The fraction of sp³-hybridized carbons (Fsp3) is 0.400. The average Bonchev–Trinajstić information content (AvgIpc) is 2.41. The van der Waals surface area contributed by atoms with E-state index in [0.717, 1.165) is 6.20 Å². The predicted molar refractivity (Wildman–Crippen MR) is 90.8 cm³/mol. The van der Waals surface area contributed by atoms with Gasteiger partial charge in [0.1, 0.15) is 10.6 Å². The van der Waals surface area contributed by atoms with E-state index in [9.17, 15) is 13.7 Å². The molecule has 0 aliphatic carbocycles. The molecule has 0 saturated carbocycles. The average molecular weight is 389 g/mol. The third kappa shape index (κ3) is 3.53. The maximum absolute atomic E-state index is 13.3. The highest BCUT2D eigenvalue weighted by atomic mass is 79.9. The molecule has 0 fully saturated rings. The highest BCUT2D eigenvalue weighted by Gasteiger charge is 2.29. The molecule has 1 N–H and O–H groups in total.